The summed E-state index contributed by atoms with van der Waals surface area (Å²) in [6, 6.07) is 16.8. The summed E-state index contributed by atoms with van der Waals surface area (Å²) in [6.45, 7) is 0.391. The summed E-state index contributed by atoms with van der Waals surface area (Å²) in [5, 5.41) is 31.4. The zero-order valence-corrected chi connectivity index (χ0v) is 26.7. The first-order valence-electron chi connectivity index (χ1n) is 15.2. The van der Waals surface area contributed by atoms with Crippen molar-refractivity contribution < 1.29 is 24.5 Å². The van der Waals surface area contributed by atoms with Gasteiger partial charge in [0.1, 0.15) is 11.8 Å². The highest BCUT2D eigenvalue weighted by Crippen LogP contribution is 2.39. The van der Waals surface area contributed by atoms with Gasteiger partial charge in [-0.1, -0.05) is 48.0 Å². The number of aromatic nitrogens is 4. The van der Waals surface area contributed by atoms with Crippen LogP contribution in [0.2, 0.25) is 5.02 Å². The first-order chi connectivity index (χ1) is 22.8. The van der Waals surface area contributed by atoms with Crippen molar-refractivity contribution in [2.24, 2.45) is 5.73 Å². The van der Waals surface area contributed by atoms with Crippen molar-refractivity contribution in [2.45, 2.75) is 44.1 Å². The number of methoxy groups -OCH3 is 2. The number of aliphatic hydroxyl groups excluding tert-OH is 2. The molecular weight excluding hydrogens is 622 g/mol. The molecule has 0 aliphatic heterocycles. The van der Waals surface area contributed by atoms with Crippen LogP contribution in [0.5, 0.6) is 11.6 Å². The third-order valence-corrected chi connectivity index (χ3v) is 8.84. The molecule has 0 spiro atoms. The van der Waals surface area contributed by atoms with Crippen molar-refractivity contribution in [3.63, 3.8) is 0 Å². The van der Waals surface area contributed by atoms with Crippen LogP contribution in [-0.2, 0) is 17.9 Å². The number of nitrogens with two attached hydrogens (primary N) is 1. The van der Waals surface area contributed by atoms with E-state index in [2.05, 4.69) is 20.7 Å². The van der Waals surface area contributed by atoms with E-state index in [1.165, 1.54) is 0 Å². The molecule has 6 rings (SSSR count). The number of carbonyl (C=O) groups excluding carboxylic acids is 1. The van der Waals surface area contributed by atoms with E-state index in [9.17, 15) is 15.0 Å². The molecule has 0 bridgehead atoms. The molecule has 1 amide bonds. The fourth-order valence-electron chi connectivity index (χ4n) is 5.73. The van der Waals surface area contributed by atoms with Gasteiger partial charge in [-0.3, -0.25) is 10.1 Å². The average Bonchev–Trinajstić information content (AvgIpc) is 3.51. The number of primary amides is 1. The number of pyridine rings is 2. The second kappa shape index (κ2) is 14.0. The summed E-state index contributed by atoms with van der Waals surface area (Å²) in [7, 11) is 3.15. The largest absolute Gasteiger partial charge is 0.496 e. The lowest BCUT2D eigenvalue weighted by Gasteiger charge is -2.32. The van der Waals surface area contributed by atoms with Gasteiger partial charge in [0.2, 0.25) is 11.8 Å². The number of ether oxygens (including phenoxy) is 2. The number of halogens is 1. The Bertz CT molecular complexity index is 1910. The summed E-state index contributed by atoms with van der Waals surface area (Å²) >= 11 is 7.10. The molecule has 1 atom stereocenters. The van der Waals surface area contributed by atoms with Crippen molar-refractivity contribution >= 4 is 28.4 Å². The summed E-state index contributed by atoms with van der Waals surface area (Å²) in [4.78, 5) is 20.9. The van der Waals surface area contributed by atoms with Gasteiger partial charge in [-0.05, 0) is 30.5 Å². The Morgan fingerprint density at radius 2 is 1.81 bits per heavy atom. The number of fused-ring (bicyclic) bond motifs is 1. The number of nitrogens with one attached hydrogen (secondary N) is 2. The van der Waals surface area contributed by atoms with Crippen molar-refractivity contribution in [3.8, 4) is 39.8 Å². The zero-order chi connectivity index (χ0) is 33.1. The molecule has 1 saturated carbocycles. The monoisotopic (exact) mass is 657 g/mol. The third-order valence-electron chi connectivity index (χ3n) is 8.44. The molecule has 244 valence electrons. The Labute approximate surface area is 276 Å². The van der Waals surface area contributed by atoms with Crippen LogP contribution in [0.25, 0.3) is 39.1 Å². The smallest absolute Gasteiger partial charge is 0.236 e. The van der Waals surface area contributed by atoms with Gasteiger partial charge in [0, 0.05) is 59.0 Å². The van der Waals surface area contributed by atoms with Crippen LogP contribution in [0.15, 0.2) is 67.0 Å². The fraction of sp³-hybridized carbons (Fsp3) is 0.294. The predicted octanol–water partition coefficient (Wildman–Crippen LogP) is 3.37. The molecule has 5 aromatic rings. The number of hydrogen-bond donors (Lipinski definition) is 5. The molecule has 13 heteroatoms. The van der Waals surface area contributed by atoms with E-state index in [4.69, 9.17) is 31.8 Å². The highest BCUT2D eigenvalue weighted by Gasteiger charge is 2.27. The van der Waals surface area contributed by atoms with Gasteiger partial charge >= 0.3 is 0 Å². The Hall–Kier alpha value is -4.59. The molecule has 1 aliphatic rings. The lowest BCUT2D eigenvalue weighted by molar-refractivity contribution is -0.120. The van der Waals surface area contributed by atoms with Crippen LogP contribution < -0.4 is 25.8 Å². The quantitative estimate of drug-likeness (QED) is 0.127. The maximum atomic E-state index is 11.5. The molecule has 3 aromatic heterocycles. The first kappa shape index (κ1) is 32.4. The van der Waals surface area contributed by atoms with Crippen LogP contribution >= 0.6 is 11.6 Å². The van der Waals surface area contributed by atoms with Crippen LogP contribution in [0.1, 0.15) is 24.0 Å². The van der Waals surface area contributed by atoms with Crippen molar-refractivity contribution in [2.75, 3.05) is 20.8 Å². The second-order valence-electron chi connectivity index (χ2n) is 11.4. The highest BCUT2D eigenvalue weighted by molar-refractivity contribution is 6.36. The van der Waals surface area contributed by atoms with Gasteiger partial charge in [-0.15, -0.1) is 0 Å². The maximum absolute atomic E-state index is 11.5. The van der Waals surface area contributed by atoms with Crippen molar-refractivity contribution in [3.05, 3.63) is 83.1 Å². The van der Waals surface area contributed by atoms with Crippen molar-refractivity contribution in [1.82, 2.24) is 30.4 Å². The van der Waals surface area contributed by atoms with E-state index in [0.717, 1.165) is 46.0 Å². The number of rotatable bonds is 13. The highest BCUT2D eigenvalue weighted by atomic mass is 35.5. The molecule has 2 aromatic carbocycles. The number of carbonyl (C=O) groups is 1. The number of amides is 1. The molecule has 6 N–H and O–H groups in total. The topological polar surface area (TPSA) is 170 Å². The minimum Gasteiger partial charge on any atom is -0.496 e. The maximum Gasteiger partial charge on any atom is 0.236 e. The predicted molar refractivity (Wildman–Crippen MR) is 178 cm³/mol. The molecule has 3 heterocycles. The minimum absolute atomic E-state index is 0.218. The molecule has 12 nitrogen and oxygen atoms in total. The standard InChI is InChI=1S/C34H36ClN7O5/c1-46-30-13-31(39-16-20(30)15-38-28(18-43)33(36)45)42-29-8-4-5-23(26(29)17-40-42)24-6-3-7-25(32(24)35)27-10-9-19(34(41-27)47-2)14-37-21-11-22(44)12-21/h3-10,13,16-17,21-22,28,37-38,43-44H,11-12,14-15,18H2,1-2H3,(H2,36,45)/t21?,22?,28-/m0/s1. The first-order valence-corrected chi connectivity index (χ1v) is 15.6. The Balaban J connectivity index is 1.29. The van der Waals surface area contributed by atoms with E-state index in [1.54, 1.807) is 37.4 Å². The van der Waals surface area contributed by atoms with E-state index in [1.807, 2.05) is 48.5 Å². The number of benzene rings is 2. The third kappa shape index (κ3) is 6.64. The molecule has 1 fully saturated rings. The van der Waals surface area contributed by atoms with Crippen LogP contribution in [0.4, 0.5) is 0 Å². The van der Waals surface area contributed by atoms with Crippen LogP contribution in [0, 0.1) is 0 Å². The summed E-state index contributed by atoms with van der Waals surface area (Å²) in [5.41, 5.74) is 10.9. The summed E-state index contributed by atoms with van der Waals surface area (Å²) in [5.74, 6) is 0.936. The molecular formula is C34H36ClN7O5. The Morgan fingerprint density at radius 1 is 1.04 bits per heavy atom. The van der Waals surface area contributed by atoms with Gasteiger partial charge in [0.25, 0.3) is 0 Å². The minimum atomic E-state index is -0.883. The van der Waals surface area contributed by atoms with E-state index < -0.39 is 18.6 Å². The van der Waals surface area contributed by atoms with E-state index in [0.29, 0.717) is 46.3 Å². The molecule has 1 aliphatic carbocycles. The van der Waals surface area contributed by atoms with Gasteiger partial charge in [-0.25, -0.2) is 14.6 Å². The van der Waals surface area contributed by atoms with E-state index >= 15 is 0 Å². The second-order valence-corrected chi connectivity index (χ2v) is 11.8. The summed E-state index contributed by atoms with van der Waals surface area (Å²) in [6.07, 6.45) is 4.70. The average molecular weight is 658 g/mol. The number of aliphatic hydroxyl groups is 2. The van der Waals surface area contributed by atoms with Gasteiger partial charge < -0.3 is 30.7 Å². The SMILES string of the molecule is COc1cc(-n2ncc3c(-c4cccc(-c5ccc(CNC6CC(O)C6)c(OC)n5)c4Cl)cccc32)ncc1CN[C@@H](CO)C(N)=O. The van der Waals surface area contributed by atoms with Crippen molar-refractivity contribution in [1.29, 1.82) is 0 Å². The normalized spacial score (nSPS) is 16.5. The van der Waals surface area contributed by atoms with Gasteiger partial charge in [0.15, 0.2) is 5.82 Å². The lowest BCUT2D eigenvalue weighted by Crippen LogP contribution is -2.43. The molecule has 0 radical (unpaired) electrons. The van der Waals surface area contributed by atoms with Crippen LogP contribution in [0.3, 0.4) is 0 Å². The van der Waals surface area contributed by atoms with Gasteiger partial charge in [0.05, 0.1) is 49.4 Å². The molecule has 0 unspecified atom stereocenters. The number of nitrogens with zero attached hydrogens (tertiary/aromatic N) is 4. The lowest BCUT2D eigenvalue weighted by atomic mass is 9.89. The molecule has 47 heavy (non-hydrogen) atoms. The Kier molecular flexibility index (Phi) is 9.66. The van der Waals surface area contributed by atoms with Gasteiger partial charge in [-0.2, -0.15) is 5.10 Å². The zero-order valence-electron chi connectivity index (χ0n) is 26.0. The fourth-order valence-corrected chi connectivity index (χ4v) is 6.05. The molecule has 0 saturated heterocycles. The van der Waals surface area contributed by atoms with E-state index in [-0.39, 0.29) is 12.6 Å². The summed E-state index contributed by atoms with van der Waals surface area (Å²) < 4.78 is 13.0. The number of hydrogen-bond acceptors (Lipinski definition) is 10. The Morgan fingerprint density at radius 3 is 2.53 bits per heavy atom. The van der Waals surface area contributed by atoms with Crippen LogP contribution in [-0.4, -0.2) is 74.9 Å².